The zero-order valence-electron chi connectivity index (χ0n) is 36.4. The average Bonchev–Trinajstić information content (AvgIpc) is 3.25. The van der Waals surface area contributed by atoms with Crippen molar-refractivity contribution in [2.75, 3.05) is 59.7 Å². The third-order valence-electron chi connectivity index (χ3n) is 10.4. The van der Waals surface area contributed by atoms with E-state index >= 15 is 0 Å². The molecule has 6 N–H and O–H groups in total. The molecular formula is C46H65N5O10. The number of nitrogens with two attached hydrogens (primary N) is 2. The molecule has 334 valence electrons. The number of esters is 1. The minimum Gasteiger partial charge on any atom is -0.496 e. The molecule has 3 aromatic carbocycles. The topological polar surface area (TPSA) is 203 Å². The Balaban J connectivity index is 1.54. The van der Waals surface area contributed by atoms with Crippen LogP contribution in [0.5, 0.6) is 17.2 Å². The summed E-state index contributed by atoms with van der Waals surface area (Å²) in [5, 5.41) is 5.50. The Kier molecular flexibility index (Phi) is 19.8. The monoisotopic (exact) mass is 847 g/mol. The van der Waals surface area contributed by atoms with Gasteiger partial charge in [0.2, 0.25) is 17.7 Å². The first-order chi connectivity index (χ1) is 29.3. The second-order valence-electron chi connectivity index (χ2n) is 15.7. The predicted molar refractivity (Wildman–Crippen MR) is 231 cm³/mol. The van der Waals surface area contributed by atoms with Crippen molar-refractivity contribution in [2.45, 2.75) is 84.3 Å². The molecule has 0 saturated carbocycles. The van der Waals surface area contributed by atoms with Crippen molar-refractivity contribution in [3.8, 4) is 17.2 Å². The van der Waals surface area contributed by atoms with E-state index in [9.17, 15) is 19.2 Å². The predicted octanol–water partition coefficient (Wildman–Crippen LogP) is 3.74. The maximum atomic E-state index is 13.9. The number of methoxy groups -OCH3 is 1. The standard InChI is InChI=1S/C46H65N5O10/c1-30(2)43(48)45(54)51-27-39(60-25-24-59-38-15-10-7-12-33(38)20-21-49-32(5)52)42(40(28-51)61-46(55)44(31(3)4)50-41(53)26-47)34-16-18-36(19-17-34)58-23-11-22-57-29-35-13-8-9-14-37(35)56-6/h7-10,12-19,30-31,39-40,42-44H,11,20-29,47-48H2,1-6H3,(H,49,52)(H,50,53)/t39-,40+,42+,43-,44-/m0/s1. The lowest BCUT2D eigenvalue weighted by Gasteiger charge is -2.44. The molecule has 1 fully saturated rings. The fourth-order valence-corrected chi connectivity index (χ4v) is 7.02. The fraction of sp³-hybridized carbons (Fsp3) is 0.522. The molecule has 0 aliphatic carbocycles. The Labute approximate surface area is 360 Å². The number of nitrogens with zero attached hydrogens (tertiary/aromatic N) is 1. The summed E-state index contributed by atoms with van der Waals surface area (Å²) < 4.78 is 36.4. The van der Waals surface area contributed by atoms with Gasteiger partial charge in [0, 0.05) is 32.0 Å². The average molecular weight is 848 g/mol. The van der Waals surface area contributed by atoms with Crippen LogP contribution >= 0.6 is 0 Å². The maximum absolute atomic E-state index is 13.9. The van der Waals surface area contributed by atoms with E-state index in [0.29, 0.717) is 50.7 Å². The van der Waals surface area contributed by atoms with Crippen molar-refractivity contribution in [1.29, 1.82) is 0 Å². The number of ether oxygens (including phenoxy) is 6. The number of piperidine rings is 1. The molecular weight excluding hydrogens is 783 g/mol. The van der Waals surface area contributed by atoms with Crippen LogP contribution in [0.15, 0.2) is 72.8 Å². The van der Waals surface area contributed by atoms with E-state index in [1.54, 1.807) is 25.9 Å². The van der Waals surface area contributed by atoms with Crippen LogP contribution in [-0.2, 0) is 46.4 Å². The number of rotatable bonds is 24. The molecule has 1 heterocycles. The number of likely N-dealkylation sites (tertiary alicyclic amines) is 1. The van der Waals surface area contributed by atoms with Gasteiger partial charge in [0.05, 0.1) is 64.7 Å². The third kappa shape index (κ3) is 15.0. The van der Waals surface area contributed by atoms with Gasteiger partial charge >= 0.3 is 5.97 Å². The molecule has 0 radical (unpaired) electrons. The first kappa shape index (κ1) is 48.4. The van der Waals surface area contributed by atoms with Crippen LogP contribution < -0.4 is 36.3 Å². The van der Waals surface area contributed by atoms with Gasteiger partial charge in [-0.1, -0.05) is 76.2 Å². The normalized spacial score (nSPS) is 17.3. The molecule has 0 aromatic heterocycles. The molecule has 5 atom stereocenters. The smallest absolute Gasteiger partial charge is 0.329 e. The van der Waals surface area contributed by atoms with Crippen molar-refractivity contribution in [2.24, 2.45) is 23.3 Å². The van der Waals surface area contributed by atoms with Crippen molar-refractivity contribution in [3.63, 3.8) is 0 Å². The van der Waals surface area contributed by atoms with Crippen molar-refractivity contribution >= 4 is 23.7 Å². The summed E-state index contributed by atoms with van der Waals surface area (Å²) in [5.74, 6) is -0.451. The number of benzene rings is 3. The van der Waals surface area contributed by atoms with E-state index in [0.717, 1.165) is 22.4 Å². The molecule has 1 aliphatic rings. The number of carbonyl (C=O) groups is 4. The van der Waals surface area contributed by atoms with Gasteiger partial charge in [0.15, 0.2) is 0 Å². The molecule has 4 rings (SSSR count). The molecule has 0 bridgehead atoms. The summed E-state index contributed by atoms with van der Waals surface area (Å²) in [6.07, 6.45) is -0.290. The summed E-state index contributed by atoms with van der Waals surface area (Å²) in [4.78, 5) is 53.1. The van der Waals surface area contributed by atoms with Crippen molar-refractivity contribution < 1.29 is 47.6 Å². The van der Waals surface area contributed by atoms with Crippen LogP contribution in [0.1, 0.15) is 63.6 Å². The minimum atomic E-state index is -0.978. The summed E-state index contributed by atoms with van der Waals surface area (Å²) in [6.45, 7) is 10.9. The number of nitrogens with one attached hydrogen (secondary N) is 2. The van der Waals surface area contributed by atoms with Crippen LogP contribution in [0.25, 0.3) is 0 Å². The molecule has 3 aromatic rings. The molecule has 61 heavy (non-hydrogen) atoms. The number of hydrogen-bond donors (Lipinski definition) is 4. The maximum Gasteiger partial charge on any atom is 0.329 e. The third-order valence-corrected chi connectivity index (χ3v) is 10.4. The fourth-order valence-electron chi connectivity index (χ4n) is 7.02. The van der Waals surface area contributed by atoms with Gasteiger partial charge in [-0.3, -0.25) is 14.4 Å². The lowest BCUT2D eigenvalue weighted by atomic mass is 9.83. The van der Waals surface area contributed by atoms with E-state index in [-0.39, 0.29) is 56.5 Å². The van der Waals surface area contributed by atoms with Crippen LogP contribution in [0.2, 0.25) is 0 Å². The lowest BCUT2D eigenvalue weighted by Crippen LogP contribution is -2.59. The Morgan fingerprint density at radius 2 is 1.48 bits per heavy atom. The molecule has 1 aliphatic heterocycles. The van der Waals surface area contributed by atoms with Gasteiger partial charge in [0.1, 0.15) is 36.0 Å². The largest absolute Gasteiger partial charge is 0.496 e. The van der Waals surface area contributed by atoms with Gasteiger partial charge in [-0.15, -0.1) is 0 Å². The SMILES string of the molecule is COc1ccccc1COCCCOc1ccc([C@@H]2[C@@H](OCCOc3ccccc3CCNC(C)=O)CN(C(=O)[C@@H](N)C(C)C)C[C@H]2OC(=O)[C@@H](NC(=O)CN)C(C)C)cc1. The van der Waals surface area contributed by atoms with Crippen molar-refractivity contribution in [3.05, 3.63) is 89.5 Å². The minimum absolute atomic E-state index is 0.0520. The van der Waals surface area contributed by atoms with Gasteiger partial charge in [0.25, 0.3) is 0 Å². The van der Waals surface area contributed by atoms with E-state index in [1.807, 2.05) is 86.6 Å². The second-order valence-corrected chi connectivity index (χ2v) is 15.7. The number of amides is 3. The highest BCUT2D eigenvalue weighted by molar-refractivity contribution is 5.86. The lowest BCUT2D eigenvalue weighted by molar-refractivity contribution is -0.167. The van der Waals surface area contributed by atoms with E-state index in [1.165, 1.54) is 6.92 Å². The second kappa shape index (κ2) is 24.9. The van der Waals surface area contributed by atoms with Crippen LogP contribution in [-0.4, -0.2) is 113 Å². The first-order valence-corrected chi connectivity index (χ1v) is 21.1. The van der Waals surface area contributed by atoms with E-state index in [2.05, 4.69) is 10.6 Å². The van der Waals surface area contributed by atoms with Crippen molar-refractivity contribution in [1.82, 2.24) is 15.5 Å². The van der Waals surface area contributed by atoms with Gasteiger partial charge in [-0.25, -0.2) is 4.79 Å². The first-order valence-electron chi connectivity index (χ1n) is 21.1. The summed E-state index contributed by atoms with van der Waals surface area (Å²) in [5.41, 5.74) is 14.7. The zero-order valence-corrected chi connectivity index (χ0v) is 36.4. The van der Waals surface area contributed by atoms with E-state index < -0.39 is 42.1 Å². The number of carbonyl (C=O) groups excluding carboxylic acids is 4. The molecule has 3 amide bonds. The van der Waals surface area contributed by atoms with Gasteiger partial charge in [-0.2, -0.15) is 0 Å². The highest BCUT2D eigenvalue weighted by Gasteiger charge is 2.44. The number of hydrogen-bond acceptors (Lipinski definition) is 12. The Morgan fingerprint density at radius 3 is 2.13 bits per heavy atom. The molecule has 0 spiro atoms. The molecule has 0 unspecified atom stereocenters. The van der Waals surface area contributed by atoms with Crippen LogP contribution in [0, 0.1) is 11.8 Å². The zero-order chi connectivity index (χ0) is 44.3. The Hall–Kier alpha value is -5.22. The van der Waals surface area contributed by atoms with Crippen LogP contribution in [0.4, 0.5) is 0 Å². The van der Waals surface area contributed by atoms with Crippen LogP contribution in [0.3, 0.4) is 0 Å². The summed E-state index contributed by atoms with van der Waals surface area (Å²) >= 11 is 0. The quantitative estimate of drug-likeness (QED) is 0.0753. The molecule has 15 nitrogen and oxygen atoms in total. The summed E-state index contributed by atoms with van der Waals surface area (Å²) in [6, 6.07) is 21.1. The number of para-hydroxylation sites is 2. The Bertz CT molecular complexity index is 1840. The summed E-state index contributed by atoms with van der Waals surface area (Å²) in [7, 11) is 1.64. The highest BCUT2D eigenvalue weighted by atomic mass is 16.6. The molecule has 1 saturated heterocycles. The Morgan fingerprint density at radius 1 is 0.803 bits per heavy atom. The highest BCUT2D eigenvalue weighted by Crippen LogP contribution is 2.35. The van der Waals surface area contributed by atoms with E-state index in [4.69, 9.17) is 39.9 Å². The molecule has 15 heteroatoms. The van der Waals surface area contributed by atoms with Gasteiger partial charge in [-0.05, 0) is 53.6 Å². The van der Waals surface area contributed by atoms with Gasteiger partial charge < -0.3 is 55.4 Å².